The fourth-order valence-corrected chi connectivity index (χ4v) is 3.57. The van der Waals surface area contributed by atoms with Gasteiger partial charge in [-0.15, -0.1) is 11.3 Å². The molecule has 1 unspecified atom stereocenters. The SMILES string of the molecule is NC(Cc1cc(Br)cs1)Cc1c(F)cccc1Cl. The second-order valence-electron chi connectivity index (χ2n) is 4.10. The van der Waals surface area contributed by atoms with E-state index in [0.29, 0.717) is 17.0 Å². The van der Waals surface area contributed by atoms with E-state index in [9.17, 15) is 4.39 Å². The number of benzene rings is 1. The minimum absolute atomic E-state index is 0.134. The van der Waals surface area contributed by atoms with E-state index in [4.69, 9.17) is 17.3 Å². The Labute approximate surface area is 123 Å². The van der Waals surface area contributed by atoms with E-state index < -0.39 is 0 Å². The molecule has 0 amide bonds. The summed E-state index contributed by atoms with van der Waals surface area (Å²) in [4.78, 5) is 1.18. The highest BCUT2D eigenvalue weighted by Crippen LogP contribution is 2.24. The topological polar surface area (TPSA) is 26.0 Å². The molecule has 0 aliphatic rings. The number of nitrogens with two attached hydrogens (primary N) is 1. The molecule has 0 aliphatic carbocycles. The van der Waals surface area contributed by atoms with Gasteiger partial charge in [-0.2, -0.15) is 0 Å². The van der Waals surface area contributed by atoms with Gasteiger partial charge in [0.15, 0.2) is 0 Å². The molecule has 0 bridgehead atoms. The number of hydrogen-bond donors (Lipinski definition) is 1. The molecular formula is C13H12BrClFNS. The predicted octanol–water partition coefficient (Wildman–Crippen LogP) is 4.42. The summed E-state index contributed by atoms with van der Waals surface area (Å²) in [5, 5.41) is 2.45. The maximum atomic E-state index is 13.6. The van der Waals surface area contributed by atoms with Crippen molar-refractivity contribution in [3.8, 4) is 0 Å². The first-order chi connectivity index (χ1) is 8.56. The Morgan fingerprint density at radius 2 is 2.17 bits per heavy atom. The van der Waals surface area contributed by atoms with Gasteiger partial charge in [0.05, 0.1) is 0 Å². The molecule has 1 aromatic heterocycles. The van der Waals surface area contributed by atoms with Crippen LogP contribution in [0.1, 0.15) is 10.4 Å². The lowest BCUT2D eigenvalue weighted by atomic mass is 10.0. The fraction of sp³-hybridized carbons (Fsp3) is 0.231. The Hall–Kier alpha value is -0.420. The van der Waals surface area contributed by atoms with Gasteiger partial charge >= 0.3 is 0 Å². The Bertz CT molecular complexity index is 523. The summed E-state index contributed by atoms with van der Waals surface area (Å²) in [6.45, 7) is 0. The van der Waals surface area contributed by atoms with Crippen LogP contribution in [0.5, 0.6) is 0 Å². The lowest BCUT2D eigenvalue weighted by Gasteiger charge is -2.12. The van der Waals surface area contributed by atoms with Crippen LogP contribution in [-0.2, 0) is 12.8 Å². The van der Waals surface area contributed by atoms with Gasteiger partial charge in [0.2, 0.25) is 0 Å². The van der Waals surface area contributed by atoms with Crippen LogP contribution in [0.2, 0.25) is 5.02 Å². The van der Waals surface area contributed by atoms with Crippen molar-refractivity contribution >= 4 is 38.9 Å². The van der Waals surface area contributed by atoms with Crippen LogP contribution in [-0.4, -0.2) is 6.04 Å². The lowest BCUT2D eigenvalue weighted by Crippen LogP contribution is -2.25. The highest BCUT2D eigenvalue weighted by molar-refractivity contribution is 9.10. The molecule has 0 saturated heterocycles. The van der Waals surface area contributed by atoms with Gasteiger partial charge in [0, 0.05) is 31.4 Å². The van der Waals surface area contributed by atoms with Crippen LogP contribution in [0.4, 0.5) is 4.39 Å². The van der Waals surface area contributed by atoms with Gasteiger partial charge < -0.3 is 5.73 Å². The van der Waals surface area contributed by atoms with Crippen LogP contribution in [0.25, 0.3) is 0 Å². The molecule has 2 N–H and O–H groups in total. The average molecular weight is 349 g/mol. The third kappa shape index (κ3) is 3.54. The third-order valence-corrected chi connectivity index (χ3v) is 4.69. The van der Waals surface area contributed by atoms with Crippen molar-refractivity contribution in [1.82, 2.24) is 0 Å². The molecule has 96 valence electrons. The highest BCUT2D eigenvalue weighted by atomic mass is 79.9. The van der Waals surface area contributed by atoms with Crippen LogP contribution in [0.15, 0.2) is 34.1 Å². The third-order valence-electron chi connectivity index (χ3n) is 2.61. The van der Waals surface area contributed by atoms with Crippen molar-refractivity contribution in [2.24, 2.45) is 5.73 Å². The molecule has 1 aromatic carbocycles. The average Bonchev–Trinajstić information content (AvgIpc) is 2.69. The van der Waals surface area contributed by atoms with Gasteiger partial charge in [-0.25, -0.2) is 4.39 Å². The van der Waals surface area contributed by atoms with Crippen LogP contribution in [0, 0.1) is 5.82 Å². The molecular weight excluding hydrogens is 337 g/mol. The van der Waals surface area contributed by atoms with Gasteiger partial charge in [-0.1, -0.05) is 17.7 Å². The van der Waals surface area contributed by atoms with Crippen molar-refractivity contribution in [2.75, 3.05) is 0 Å². The molecule has 0 spiro atoms. The van der Waals surface area contributed by atoms with E-state index in [1.807, 2.05) is 11.4 Å². The van der Waals surface area contributed by atoms with E-state index in [1.165, 1.54) is 10.9 Å². The fourth-order valence-electron chi connectivity index (χ4n) is 1.78. The summed E-state index contributed by atoms with van der Waals surface area (Å²) in [5.74, 6) is -0.287. The number of rotatable bonds is 4. The number of thiophene rings is 1. The Balaban J connectivity index is 2.05. The molecule has 1 atom stereocenters. The molecule has 0 aliphatic heterocycles. The van der Waals surface area contributed by atoms with Crippen molar-refractivity contribution in [3.05, 3.63) is 55.4 Å². The largest absolute Gasteiger partial charge is 0.327 e. The van der Waals surface area contributed by atoms with Gasteiger partial charge in [0.25, 0.3) is 0 Å². The second-order valence-corrected chi connectivity index (χ2v) is 6.42. The minimum atomic E-state index is -0.287. The summed E-state index contributed by atoms with van der Waals surface area (Å²) in [6.07, 6.45) is 1.17. The number of hydrogen-bond acceptors (Lipinski definition) is 2. The van der Waals surface area contributed by atoms with E-state index in [-0.39, 0.29) is 11.9 Å². The smallest absolute Gasteiger partial charge is 0.127 e. The van der Waals surface area contributed by atoms with Gasteiger partial charge in [-0.3, -0.25) is 0 Å². The van der Waals surface area contributed by atoms with Crippen LogP contribution in [0.3, 0.4) is 0 Å². The zero-order valence-electron chi connectivity index (χ0n) is 9.50. The van der Waals surface area contributed by atoms with Crippen molar-refractivity contribution in [1.29, 1.82) is 0 Å². The summed E-state index contributed by atoms with van der Waals surface area (Å²) >= 11 is 11.0. The Morgan fingerprint density at radius 1 is 1.39 bits per heavy atom. The first-order valence-corrected chi connectivity index (χ1v) is 7.52. The first-order valence-electron chi connectivity index (χ1n) is 5.47. The van der Waals surface area contributed by atoms with Crippen LogP contribution < -0.4 is 5.73 Å². The molecule has 1 heterocycles. The zero-order valence-corrected chi connectivity index (χ0v) is 12.7. The van der Waals surface area contributed by atoms with E-state index in [1.54, 1.807) is 23.5 Å². The minimum Gasteiger partial charge on any atom is -0.327 e. The van der Waals surface area contributed by atoms with Gasteiger partial charge in [-0.05, 0) is 47.0 Å². The van der Waals surface area contributed by atoms with Crippen LogP contribution >= 0.6 is 38.9 Å². The first kappa shape index (κ1) is 14.0. The van der Waals surface area contributed by atoms with Crippen molar-refractivity contribution in [3.63, 3.8) is 0 Å². The van der Waals surface area contributed by atoms with Crippen molar-refractivity contribution in [2.45, 2.75) is 18.9 Å². The molecule has 0 radical (unpaired) electrons. The highest BCUT2D eigenvalue weighted by Gasteiger charge is 2.13. The number of halogens is 3. The summed E-state index contributed by atoms with van der Waals surface area (Å²) in [6, 6.07) is 6.60. The second kappa shape index (κ2) is 6.15. The van der Waals surface area contributed by atoms with E-state index in [0.717, 1.165) is 10.9 Å². The quantitative estimate of drug-likeness (QED) is 0.870. The summed E-state index contributed by atoms with van der Waals surface area (Å²) < 4.78 is 14.7. The molecule has 0 saturated carbocycles. The standard InChI is InChI=1S/C13H12BrClFNS/c14-8-4-10(18-7-8)5-9(17)6-11-12(15)2-1-3-13(11)16/h1-4,7,9H,5-6,17H2. The lowest BCUT2D eigenvalue weighted by molar-refractivity contribution is 0.585. The Kier molecular flexibility index (Phi) is 4.78. The summed E-state index contributed by atoms with van der Waals surface area (Å²) in [5.41, 5.74) is 6.55. The Morgan fingerprint density at radius 3 is 2.78 bits per heavy atom. The monoisotopic (exact) mass is 347 g/mol. The molecule has 0 fully saturated rings. The molecule has 2 rings (SSSR count). The summed E-state index contributed by atoms with van der Waals surface area (Å²) in [7, 11) is 0. The van der Waals surface area contributed by atoms with E-state index in [2.05, 4.69) is 15.9 Å². The predicted molar refractivity (Wildman–Crippen MR) is 78.8 cm³/mol. The van der Waals surface area contributed by atoms with E-state index >= 15 is 0 Å². The molecule has 5 heteroatoms. The normalized spacial score (nSPS) is 12.7. The van der Waals surface area contributed by atoms with Crippen molar-refractivity contribution < 1.29 is 4.39 Å². The maximum Gasteiger partial charge on any atom is 0.127 e. The zero-order chi connectivity index (χ0) is 13.1. The molecule has 1 nitrogen and oxygen atoms in total. The molecule has 18 heavy (non-hydrogen) atoms. The molecule has 2 aromatic rings. The maximum absolute atomic E-state index is 13.6. The van der Waals surface area contributed by atoms with Gasteiger partial charge in [0.1, 0.15) is 5.82 Å².